The van der Waals surface area contributed by atoms with Crippen LogP contribution in [0.4, 0.5) is 0 Å². The minimum Gasteiger partial charge on any atom is -0.872 e. The molecule has 0 N–H and O–H groups in total. The van der Waals surface area contributed by atoms with Crippen molar-refractivity contribution in [1.29, 1.82) is 0 Å². The SMILES string of the molecule is [O-]C(C=Cc1ccccc1)=CC=C1C=CC=C1. The van der Waals surface area contributed by atoms with E-state index in [0.29, 0.717) is 0 Å². The van der Waals surface area contributed by atoms with Gasteiger partial charge in [0, 0.05) is 0 Å². The fraction of sp³-hybridized carbons (Fsp3) is 0. The highest BCUT2D eigenvalue weighted by Crippen LogP contribution is 2.08. The van der Waals surface area contributed by atoms with Gasteiger partial charge in [0.15, 0.2) is 0 Å². The van der Waals surface area contributed by atoms with Crippen LogP contribution >= 0.6 is 0 Å². The molecule has 0 heterocycles. The van der Waals surface area contributed by atoms with Crippen molar-refractivity contribution < 1.29 is 5.11 Å². The van der Waals surface area contributed by atoms with Gasteiger partial charge in [-0.15, -0.1) is 5.76 Å². The van der Waals surface area contributed by atoms with Crippen molar-refractivity contribution in [2.24, 2.45) is 0 Å². The summed E-state index contributed by atoms with van der Waals surface area (Å²) in [5.74, 6) is -0.00458. The fourth-order valence-corrected chi connectivity index (χ4v) is 1.48. The molecule has 0 fully saturated rings. The van der Waals surface area contributed by atoms with Crippen molar-refractivity contribution in [2.75, 3.05) is 0 Å². The van der Waals surface area contributed by atoms with E-state index in [0.717, 1.165) is 11.1 Å². The number of hydrogen-bond donors (Lipinski definition) is 0. The van der Waals surface area contributed by atoms with Crippen LogP contribution < -0.4 is 5.11 Å². The Balaban J connectivity index is 2.01. The maximum Gasteiger partial charge on any atom is -0.0257 e. The molecule has 1 aliphatic rings. The van der Waals surface area contributed by atoms with E-state index in [4.69, 9.17) is 0 Å². The molecule has 0 saturated carbocycles. The summed E-state index contributed by atoms with van der Waals surface area (Å²) >= 11 is 0. The molecule has 0 unspecified atom stereocenters. The van der Waals surface area contributed by atoms with Crippen molar-refractivity contribution in [2.45, 2.75) is 0 Å². The lowest BCUT2D eigenvalue weighted by Crippen LogP contribution is -1.98. The number of hydrogen-bond acceptors (Lipinski definition) is 1. The molecular formula is C16H13O-. The Morgan fingerprint density at radius 1 is 1.00 bits per heavy atom. The summed E-state index contributed by atoms with van der Waals surface area (Å²) in [6, 6.07) is 9.78. The van der Waals surface area contributed by atoms with Gasteiger partial charge in [-0.05, 0) is 11.1 Å². The molecule has 0 radical (unpaired) electrons. The molecule has 0 bridgehead atoms. The van der Waals surface area contributed by atoms with Gasteiger partial charge in [0.25, 0.3) is 0 Å². The molecule has 0 amide bonds. The van der Waals surface area contributed by atoms with E-state index in [-0.39, 0.29) is 5.76 Å². The Labute approximate surface area is 101 Å². The van der Waals surface area contributed by atoms with Gasteiger partial charge in [0.2, 0.25) is 0 Å². The van der Waals surface area contributed by atoms with Crippen molar-refractivity contribution in [3.63, 3.8) is 0 Å². The summed E-state index contributed by atoms with van der Waals surface area (Å²) in [5.41, 5.74) is 2.08. The molecule has 1 heteroatoms. The fourth-order valence-electron chi connectivity index (χ4n) is 1.48. The smallest absolute Gasteiger partial charge is 0.0257 e. The van der Waals surface area contributed by atoms with Gasteiger partial charge < -0.3 is 5.11 Å². The topological polar surface area (TPSA) is 23.1 Å². The molecule has 1 aromatic carbocycles. The summed E-state index contributed by atoms with van der Waals surface area (Å²) in [6.07, 6.45) is 14.6. The second-order valence-corrected chi connectivity index (χ2v) is 3.70. The minimum atomic E-state index is -0.00458. The summed E-state index contributed by atoms with van der Waals surface area (Å²) in [4.78, 5) is 0. The van der Waals surface area contributed by atoms with Crippen LogP contribution in [0.2, 0.25) is 0 Å². The predicted molar refractivity (Wildman–Crippen MR) is 69.9 cm³/mol. The quantitative estimate of drug-likeness (QED) is 0.568. The van der Waals surface area contributed by atoms with Crippen LogP contribution in [0.25, 0.3) is 6.08 Å². The van der Waals surface area contributed by atoms with Crippen LogP contribution in [0.5, 0.6) is 0 Å². The zero-order chi connectivity index (χ0) is 11.9. The first-order valence-electron chi connectivity index (χ1n) is 5.51. The Kier molecular flexibility index (Phi) is 3.77. The van der Waals surface area contributed by atoms with E-state index in [1.54, 1.807) is 12.2 Å². The van der Waals surface area contributed by atoms with E-state index in [2.05, 4.69) is 0 Å². The standard InChI is InChI=1S/C16H14O/c17-16(13-11-15-8-4-5-9-15)12-10-14-6-2-1-3-7-14/h1-13,17H/p-1. The largest absolute Gasteiger partial charge is 0.872 e. The van der Waals surface area contributed by atoms with Crippen LogP contribution in [0.15, 0.2) is 84.2 Å². The van der Waals surface area contributed by atoms with Crippen molar-refractivity contribution >= 4 is 6.08 Å². The molecule has 2 rings (SSSR count). The molecule has 0 aliphatic heterocycles. The summed E-state index contributed by atoms with van der Waals surface area (Å²) in [5, 5.41) is 11.5. The Morgan fingerprint density at radius 3 is 2.41 bits per heavy atom. The third-order valence-electron chi connectivity index (χ3n) is 2.37. The third kappa shape index (κ3) is 3.65. The van der Waals surface area contributed by atoms with Crippen LogP contribution in [0, 0.1) is 0 Å². The molecule has 0 spiro atoms. The predicted octanol–water partition coefficient (Wildman–Crippen LogP) is 3.00. The Morgan fingerprint density at radius 2 is 1.71 bits per heavy atom. The molecule has 1 aromatic rings. The number of rotatable bonds is 3. The summed E-state index contributed by atoms with van der Waals surface area (Å²) < 4.78 is 0. The number of allylic oxidation sites excluding steroid dienone is 8. The maximum atomic E-state index is 11.5. The molecule has 1 nitrogen and oxygen atoms in total. The zero-order valence-corrected chi connectivity index (χ0v) is 9.41. The second kappa shape index (κ2) is 5.71. The summed E-state index contributed by atoms with van der Waals surface area (Å²) in [7, 11) is 0. The lowest BCUT2D eigenvalue weighted by Gasteiger charge is -2.03. The highest BCUT2D eigenvalue weighted by molar-refractivity contribution is 5.52. The Hall–Kier alpha value is -2.28. The first-order chi connectivity index (χ1) is 8.34. The average Bonchev–Trinajstić information content (AvgIpc) is 2.88. The van der Waals surface area contributed by atoms with Crippen molar-refractivity contribution in [3.8, 4) is 0 Å². The lowest BCUT2D eigenvalue weighted by atomic mass is 10.2. The van der Waals surface area contributed by atoms with E-state index < -0.39 is 0 Å². The maximum absolute atomic E-state index is 11.5. The second-order valence-electron chi connectivity index (χ2n) is 3.70. The third-order valence-corrected chi connectivity index (χ3v) is 2.37. The molecule has 0 atom stereocenters. The molecule has 84 valence electrons. The summed E-state index contributed by atoms with van der Waals surface area (Å²) in [6.45, 7) is 0. The van der Waals surface area contributed by atoms with Gasteiger partial charge >= 0.3 is 0 Å². The van der Waals surface area contributed by atoms with Gasteiger partial charge in [-0.2, -0.15) is 0 Å². The first-order valence-corrected chi connectivity index (χ1v) is 5.51. The molecular weight excluding hydrogens is 208 g/mol. The minimum absolute atomic E-state index is 0.00458. The van der Waals surface area contributed by atoms with E-state index in [1.807, 2.05) is 66.8 Å². The van der Waals surface area contributed by atoms with E-state index in [1.165, 1.54) is 0 Å². The van der Waals surface area contributed by atoms with Crippen LogP contribution in [-0.4, -0.2) is 0 Å². The van der Waals surface area contributed by atoms with Crippen LogP contribution in [-0.2, 0) is 0 Å². The monoisotopic (exact) mass is 221 g/mol. The number of benzene rings is 1. The van der Waals surface area contributed by atoms with E-state index >= 15 is 0 Å². The molecule has 17 heavy (non-hydrogen) atoms. The van der Waals surface area contributed by atoms with Gasteiger partial charge in [-0.3, -0.25) is 0 Å². The Bertz CT molecular complexity index is 500. The van der Waals surface area contributed by atoms with E-state index in [9.17, 15) is 5.11 Å². The zero-order valence-electron chi connectivity index (χ0n) is 9.41. The van der Waals surface area contributed by atoms with Crippen LogP contribution in [0.1, 0.15) is 5.56 Å². The normalized spacial score (nSPS) is 14.8. The average molecular weight is 221 g/mol. The first kappa shape index (κ1) is 11.2. The highest BCUT2D eigenvalue weighted by Gasteiger charge is 1.87. The highest BCUT2D eigenvalue weighted by atomic mass is 16.3. The van der Waals surface area contributed by atoms with Gasteiger partial charge in [0.1, 0.15) is 0 Å². The van der Waals surface area contributed by atoms with Gasteiger partial charge in [0.05, 0.1) is 0 Å². The molecule has 1 aliphatic carbocycles. The van der Waals surface area contributed by atoms with Crippen molar-refractivity contribution in [1.82, 2.24) is 0 Å². The lowest BCUT2D eigenvalue weighted by molar-refractivity contribution is -0.294. The molecule has 0 aromatic heterocycles. The van der Waals surface area contributed by atoms with Gasteiger partial charge in [-0.1, -0.05) is 78.9 Å². The van der Waals surface area contributed by atoms with Gasteiger partial charge in [-0.25, -0.2) is 0 Å². The van der Waals surface area contributed by atoms with Crippen LogP contribution in [0.3, 0.4) is 0 Å². The molecule has 0 saturated heterocycles. The van der Waals surface area contributed by atoms with Crippen molar-refractivity contribution in [3.05, 3.63) is 89.8 Å².